The molecule has 1 saturated carbocycles. The van der Waals surface area contributed by atoms with Crippen LogP contribution in [0.5, 0.6) is 23.0 Å². The van der Waals surface area contributed by atoms with Crippen molar-refractivity contribution in [1.82, 2.24) is 0 Å². The summed E-state index contributed by atoms with van der Waals surface area (Å²) in [5.41, 5.74) is -0.192. The molecule has 0 bridgehead atoms. The van der Waals surface area contributed by atoms with E-state index < -0.39 is 29.1 Å². The summed E-state index contributed by atoms with van der Waals surface area (Å²) >= 11 is 0. The molecule has 4 rings (SSSR count). The third-order valence-corrected chi connectivity index (χ3v) is 8.33. The van der Waals surface area contributed by atoms with Crippen molar-refractivity contribution >= 4 is 11.9 Å². The second-order valence-corrected chi connectivity index (χ2v) is 12.3. The van der Waals surface area contributed by atoms with Crippen LogP contribution in [0.3, 0.4) is 0 Å². The summed E-state index contributed by atoms with van der Waals surface area (Å²) in [4.78, 5) is 25.2. The number of esters is 2. The predicted octanol–water partition coefficient (Wildman–Crippen LogP) is 10.7. The first-order chi connectivity index (χ1) is 22.9. The molecule has 3 aromatic rings. The lowest BCUT2D eigenvalue weighted by molar-refractivity contribution is 0.0715. The van der Waals surface area contributed by atoms with Gasteiger partial charge in [-0.05, 0) is 79.4 Å². The van der Waals surface area contributed by atoms with Crippen molar-refractivity contribution < 1.29 is 37.3 Å². The minimum absolute atomic E-state index is 0.0781. The second kappa shape index (κ2) is 19.7. The van der Waals surface area contributed by atoms with Crippen molar-refractivity contribution in [2.24, 2.45) is 5.92 Å². The zero-order chi connectivity index (χ0) is 33.3. The predicted molar refractivity (Wildman–Crippen MR) is 179 cm³/mol. The van der Waals surface area contributed by atoms with Crippen LogP contribution < -0.4 is 18.9 Å². The fourth-order valence-corrected chi connectivity index (χ4v) is 5.30. The van der Waals surface area contributed by atoms with E-state index in [1.165, 1.54) is 94.5 Å². The van der Waals surface area contributed by atoms with Gasteiger partial charge in [-0.2, -0.15) is 4.39 Å². The number of rotatable bonds is 22. The van der Waals surface area contributed by atoms with E-state index in [0.717, 1.165) is 44.1 Å². The number of hydrogen-bond donors (Lipinski definition) is 0. The van der Waals surface area contributed by atoms with Gasteiger partial charge in [-0.1, -0.05) is 90.4 Å². The van der Waals surface area contributed by atoms with Crippen LogP contribution in [0.2, 0.25) is 0 Å². The summed E-state index contributed by atoms with van der Waals surface area (Å²) < 4.78 is 51.2. The number of carbonyl (C=O) groups is 2. The summed E-state index contributed by atoms with van der Waals surface area (Å²) in [5.74, 6) is -2.42. The van der Waals surface area contributed by atoms with E-state index in [1.807, 2.05) is 0 Å². The first-order valence-corrected chi connectivity index (χ1v) is 17.3. The van der Waals surface area contributed by atoms with Crippen LogP contribution in [-0.4, -0.2) is 25.2 Å². The van der Waals surface area contributed by atoms with Crippen LogP contribution >= 0.6 is 0 Å². The Morgan fingerprint density at radius 1 is 0.596 bits per heavy atom. The van der Waals surface area contributed by atoms with Gasteiger partial charge in [0.05, 0.1) is 24.3 Å². The largest absolute Gasteiger partial charge is 0.494 e. The van der Waals surface area contributed by atoms with Crippen LogP contribution in [0.4, 0.5) is 8.78 Å². The Morgan fingerprint density at radius 2 is 1.13 bits per heavy atom. The van der Waals surface area contributed by atoms with Crippen LogP contribution in [0.1, 0.15) is 124 Å². The Hall–Kier alpha value is -3.94. The molecule has 0 amide bonds. The van der Waals surface area contributed by atoms with Gasteiger partial charge in [0.2, 0.25) is 5.82 Å². The van der Waals surface area contributed by atoms with E-state index in [4.69, 9.17) is 18.9 Å². The van der Waals surface area contributed by atoms with Gasteiger partial charge in [-0.3, -0.25) is 0 Å². The average molecular weight is 651 g/mol. The lowest BCUT2D eigenvalue weighted by atomic mass is 10.1. The van der Waals surface area contributed by atoms with E-state index in [2.05, 4.69) is 6.92 Å². The highest BCUT2D eigenvalue weighted by Crippen LogP contribution is 2.34. The smallest absolute Gasteiger partial charge is 0.346 e. The summed E-state index contributed by atoms with van der Waals surface area (Å²) in [7, 11) is 0. The van der Waals surface area contributed by atoms with Crippen LogP contribution in [0.15, 0.2) is 60.7 Å². The van der Waals surface area contributed by atoms with Crippen LogP contribution in [0.25, 0.3) is 0 Å². The molecule has 47 heavy (non-hydrogen) atoms. The lowest BCUT2D eigenvalue weighted by Crippen LogP contribution is -2.13. The van der Waals surface area contributed by atoms with Crippen molar-refractivity contribution in [1.29, 1.82) is 0 Å². The highest BCUT2D eigenvalue weighted by Gasteiger charge is 2.22. The molecule has 0 unspecified atom stereocenters. The minimum Gasteiger partial charge on any atom is -0.494 e. The third-order valence-electron chi connectivity index (χ3n) is 8.33. The molecule has 0 saturated heterocycles. The first-order valence-electron chi connectivity index (χ1n) is 17.3. The Morgan fingerprint density at radius 3 is 1.74 bits per heavy atom. The number of unbranched alkanes of at least 4 members (excludes halogenated alkanes) is 10. The van der Waals surface area contributed by atoms with Crippen molar-refractivity contribution in [3.05, 3.63) is 83.4 Å². The van der Waals surface area contributed by atoms with Gasteiger partial charge in [0.25, 0.3) is 0 Å². The molecule has 8 heteroatoms. The zero-order valence-corrected chi connectivity index (χ0v) is 27.6. The molecule has 0 N–H and O–H groups in total. The van der Waals surface area contributed by atoms with Gasteiger partial charge >= 0.3 is 11.9 Å². The maximum Gasteiger partial charge on any atom is 0.346 e. The maximum absolute atomic E-state index is 14.7. The average Bonchev–Trinajstić information content (AvgIpc) is 3.91. The molecule has 1 aliphatic rings. The lowest BCUT2D eigenvalue weighted by Gasteiger charge is -2.11. The molecule has 6 nitrogen and oxygen atoms in total. The molecule has 0 aromatic heterocycles. The number of carbonyl (C=O) groups excluding carboxylic acids is 2. The Bertz CT molecular complexity index is 1390. The van der Waals surface area contributed by atoms with E-state index in [1.54, 1.807) is 24.3 Å². The molecule has 0 aliphatic heterocycles. The summed E-state index contributed by atoms with van der Waals surface area (Å²) in [6.45, 7) is 3.11. The van der Waals surface area contributed by atoms with Crippen LogP contribution in [0, 0.1) is 17.6 Å². The molecular formula is C39H48F2O6. The Kier molecular flexibility index (Phi) is 15.0. The molecule has 1 fully saturated rings. The van der Waals surface area contributed by atoms with Gasteiger partial charge in [0.15, 0.2) is 11.6 Å². The molecular weight excluding hydrogens is 602 g/mol. The summed E-state index contributed by atoms with van der Waals surface area (Å²) in [6, 6.07) is 14.8. The molecule has 3 aromatic carbocycles. The fraction of sp³-hybridized carbons (Fsp3) is 0.487. The van der Waals surface area contributed by atoms with Crippen molar-refractivity contribution in [2.45, 2.75) is 103 Å². The number of hydrogen-bond acceptors (Lipinski definition) is 6. The van der Waals surface area contributed by atoms with Crippen LogP contribution in [-0.2, 0) is 0 Å². The highest BCUT2D eigenvalue weighted by atomic mass is 19.2. The second-order valence-electron chi connectivity index (χ2n) is 12.3. The van der Waals surface area contributed by atoms with E-state index in [-0.39, 0.29) is 23.9 Å². The molecule has 0 atom stereocenters. The van der Waals surface area contributed by atoms with Crippen molar-refractivity contribution in [2.75, 3.05) is 13.2 Å². The molecule has 0 radical (unpaired) electrons. The standard InChI is InChI=1S/C39H48F2O6/c1-2-3-4-5-9-12-27-44-31-19-17-30(18-20-31)38(42)46-32-21-23-33(24-22-32)47-39(43)34-25-26-35(37(41)36(34)40)45-28-13-10-7-6-8-11-14-29-15-16-29/h17-26,29H,2-16,27-28H2,1H3. The van der Waals surface area contributed by atoms with Gasteiger partial charge in [-0.25, -0.2) is 14.0 Å². The number of ether oxygens (including phenoxy) is 4. The topological polar surface area (TPSA) is 71.1 Å². The van der Waals surface area contributed by atoms with Gasteiger partial charge in [0.1, 0.15) is 17.2 Å². The Labute approximate surface area is 277 Å². The van der Waals surface area contributed by atoms with E-state index >= 15 is 0 Å². The third kappa shape index (κ3) is 12.6. The number of benzene rings is 3. The highest BCUT2D eigenvalue weighted by molar-refractivity contribution is 5.92. The molecule has 1 aliphatic carbocycles. The quantitative estimate of drug-likeness (QED) is 0.0612. The van der Waals surface area contributed by atoms with Crippen molar-refractivity contribution in [3.8, 4) is 23.0 Å². The van der Waals surface area contributed by atoms with E-state index in [0.29, 0.717) is 17.9 Å². The van der Waals surface area contributed by atoms with E-state index in [9.17, 15) is 18.4 Å². The molecule has 254 valence electrons. The van der Waals surface area contributed by atoms with Gasteiger partial charge < -0.3 is 18.9 Å². The summed E-state index contributed by atoms with van der Waals surface area (Å²) in [5, 5.41) is 0. The maximum atomic E-state index is 14.7. The number of halogens is 2. The SMILES string of the molecule is CCCCCCCCOc1ccc(C(=O)Oc2ccc(OC(=O)c3ccc(OCCCCCCCCC4CC4)c(F)c3F)cc2)cc1. The monoisotopic (exact) mass is 650 g/mol. The van der Waals surface area contributed by atoms with Gasteiger partial charge in [-0.15, -0.1) is 0 Å². The fourth-order valence-electron chi connectivity index (χ4n) is 5.30. The normalized spacial score (nSPS) is 12.5. The minimum atomic E-state index is -1.33. The zero-order valence-electron chi connectivity index (χ0n) is 27.6. The van der Waals surface area contributed by atoms with Crippen molar-refractivity contribution in [3.63, 3.8) is 0 Å². The summed E-state index contributed by atoms with van der Waals surface area (Å²) in [6.07, 6.45) is 17.8. The molecule has 0 spiro atoms. The molecule has 0 heterocycles. The first kappa shape index (κ1) is 35.9. The van der Waals surface area contributed by atoms with Gasteiger partial charge in [0, 0.05) is 0 Å². The Balaban J connectivity index is 1.16.